The zero-order valence-corrected chi connectivity index (χ0v) is 14.9. The van der Waals surface area contributed by atoms with Crippen LogP contribution in [0.25, 0.3) is 0 Å². The Balaban J connectivity index is 2.17. The van der Waals surface area contributed by atoms with Crippen molar-refractivity contribution in [2.75, 3.05) is 0 Å². The van der Waals surface area contributed by atoms with E-state index in [9.17, 15) is 10.0 Å². The van der Waals surface area contributed by atoms with Crippen molar-refractivity contribution in [2.24, 2.45) is 5.18 Å². The van der Waals surface area contributed by atoms with E-state index in [0.29, 0.717) is 5.56 Å². The number of rotatable bonds is 13. The van der Waals surface area contributed by atoms with Crippen molar-refractivity contribution in [3.63, 3.8) is 0 Å². The number of nitroso groups, excluding NO2 is 1. The smallest absolute Gasteiger partial charge is 0.123 e. The van der Waals surface area contributed by atoms with Gasteiger partial charge in [-0.2, -0.15) is 4.91 Å². The molecule has 1 N–H and O–H groups in total. The Morgan fingerprint density at radius 3 is 2.04 bits per heavy atom. The minimum absolute atomic E-state index is 0.0541. The van der Waals surface area contributed by atoms with E-state index in [1.54, 1.807) is 0 Å². The molecule has 0 heterocycles. The summed E-state index contributed by atoms with van der Waals surface area (Å²) in [4.78, 5) is 10.4. The molecule has 0 saturated heterocycles. The maximum atomic E-state index is 10.4. The van der Waals surface area contributed by atoms with Crippen LogP contribution in [0.15, 0.2) is 17.3 Å². The van der Waals surface area contributed by atoms with Crippen molar-refractivity contribution in [3.8, 4) is 5.75 Å². The van der Waals surface area contributed by atoms with Crippen LogP contribution < -0.4 is 0 Å². The van der Waals surface area contributed by atoms with E-state index >= 15 is 0 Å². The van der Waals surface area contributed by atoms with Gasteiger partial charge in [-0.15, -0.1) is 0 Å². The number of unbranched alkanes of at least 4 members (excludes halogenated alkanes) is 9. The summed E-state index contributed by atoms with van der Waals surface area (Å²) in [6.45, 7) is 4.19. The Morgan fingerprint density at radius 2 is 1.48 bits per heavy atom. The highest BCUT2D eigenvalue weighted by Crippen LogP contribution is 2.25. The molecule has 0 atom stereocenters. The first-order valence-electron chi connectivity index (χ1n) is 9.29. The molecule has 0 radical (unpaired) electrons. The van der Waals surface area contributed by atoms with Crippen LogP contribution in [-0.2, 0) is 13.0 Å². The molecule has 0 aliphatic rings. The van der Waals surface area contributed by atoms with Crippen LogP contribution in [0.3, 0.4) is 0 Å². The number of benzene rings is 1. The molecular formula is C20H33NO2. The van der Waals surface area contributed by atoms with Crippen molar-refractivity contribution >= 4 is 0 Å². The number of aryl methyl sites for hydroxylation is 2. The molecule has 0 unspecified atom stereocenters. The summed E-state index contributed by atoms with van der Waals surface area (Å²) in [6, 6.07) is 3.95. The minimum Gasteiger partial charge on any atom is -0.507 e. The van der Waals surface area contributed by atoms with Gasteiger partial charge in [-0.05, 0) is 30.9 Å². The Kier molecular flexibility index (Phi) is 10.3. The third kappa shape index (κ3) is 8.15. The molecule has 0 aliphatic heterocycles. The zero-order chi connectivity index (χ0) is 16.9. The van der Waals surface area contributed by atoms with Crippen molar-refractivity contribution in [1.82, 2.24) is 0 Å². The Labute approximate surface area is 141 Å². The van der Waals surface area contributed by atoms with Gasteiger partial charge in [0.05, 0.1) is 0 Å². The molecule has 0 fully saturated rings. The molecule has 0 bridgehead atoms. The highest BCUT2D eigenvalue weighted by molar-refractivity contribution is 5.43. The first-order chi connectivity index (χ1) is 11.2. The zero-order valence-electron chi connectivity index (χ0n) is 14.9. The van der Waals surface area contributed by atoms with E-state index in [2.05, 4.69) is 12.1 Å². The van der Waals surface area contributed by atoms with Crippen LogP contribution in [0.1, 0.15) is 87.8 Å². The lowest BCUT2D eigenvalue weighted by atomic mass is 9.99. The van der Waals surface area contributed by atoms with Gasteiger partial charge in [-0.25, -0.2) is 0 Å². The van der Waals surface area contributed by atoms with Crippen LogP contribution in [0.5, 0.6) is 5.75 Å². The highest BCUT2D eigenvalue weighted by Gasteiger charge is 2.07. The van der Waals surface area contributed by atoms with E-state index < -0.39 is 0 Å². The lowest BCUT2D eigenvalue weighted by Gasteiger charge is -2.09. The molecule has 1 aromatic rings. The topological polar surface area (TPSA) is 49.7 Å². The maximum Gasteiger partial charge on any atom is 0.123 e. The van der Waals surface area contributed by atoms with Gasteiger partial charge in [-0.1, -0.05) is 82.0 Å². The summed E-state index contributed by atoms with van der Waals surface area (Å²) in [5.41, 5.74) is 2.70. The Bertz CT molecular complexity index is 457. The predicted octanol–water partition coefficient (Wildman–Crippen LogP) is 6.43. The lowest BCUT2D eigenvalue weighted by Crippen LogP contribution is -1.93. The first-order valence-corrected chi connectivity index (χ1v) is 9.29. The summed E-state index contributed by atoms with van der Waals surface area (Å²) in [5.74, 6) is 0.219. The molecule has 0 aromatic heterocycles. The number of aromatic hydroxyl groups is 1. The molecule has 3 heteroatoms. The monoisotopic (exact) mass is 319 g/mol. The van der Waals surface area contributed by atoms with Crippen molar-refractivity contribution in [3.05, 3.63) is 33.7 Å². The number of hydrogen-bond donors (Lipinski definition) is 1. The molecule has 1 rings (SSSR count). The molecule has 0 spiro atoms. The lowest BCUT2D eigenvalue weighted by molar-refractivity contribution is 0.463. The van der Waals surface area contributed by atoms with E-state index in [1.165, 1.54) is 69.8 Å². The fourth-order valence-electron chi connectivity index (χ4n) is 3.08. The number of hydrogen-bond acceptors (Lipinski definition) is 3. The third-order valence-electron chi connectivity index (χ3n) is 4.49. The molecule has 0 aliphatic carbocycles. The van der Waals surface area contributed by atoms with Gasteiger partial charge in [0, 0.05) is 5.56 Å². The second kappa shape index (κ2) is 12.1. The van der Waals surface area contributed by atoms with Gasteiger partial charge in [0.1, 0.15) is 12.3 Å². The normalized spacial score (nSPS) is 10.9. The highest BCUT2D eigenvalue weighted by atomic mass is 16.3. The van der Waals surface area contributed by atoms with Gasteiger partial charge in [0.2, 0.25) is 0 Å². The van der Waals surface area contributed by atoms with E-state index in [4.69, 9.17) is 0 Å². The minimum atomic E-state index is 0.0541. The molecule has 23 heavy (non-hydrogen) atoms. The van der Waals surface area contributed by atoms with Crippen LogP contribution in [0.4, 0.5) is 0 Å². The molecule has 1 aromatic carbocycles. The molecule has 130 valence electrons. The van der Waals surface area contributed by atoms with E-state index in [0.717, 1.165) is 12.0 Å². The fourth-order valence-corrected chi connectivity index (χ4v) is 3.08. The van der Waals surface area contributed by atoms with Gasteiger partial charge >= 0.3 is 0 Å². The first kappa shape index (κ1) is 19.7. The largest absolute Gasteiger partial charge is 0.507 e. The number of phenolic OH excluding ortho intramolecular Hbond substituents is 1. The van der Waals surface area contributed by atoms with Crippen LogP contribution >= 0.6 is 0 Å². The Morgan fingerprint density at radius 1 is 0.913 bits per heavy atom. The summed E-state index contributed by atoms with van der Waals surface area (Å²) in [5, 5.41) is 12.8. The van der Waals surface area contributed by atoms with Gasteiger partial charge in [-0.3, -0.25) is 0 Å². The van der Waals surface area contributed by atoms with E-state index in [1.807, 2.05) is 19.1 Å². The summed E-state index contributed by atoms with van der Waals surface area (Å²) >= 11 is 0. The Hall–Kier alpha value is -1.38. The average molecular weight is 319 g/mol. The summed E-state index contributed by atoms with van der Waals surface area (Å²) < 4.78 is 0. The second-order valence-electron chi connectivity index (χ2n) is 6.64. The van der Waals surface area contributed by atoms with Crippen molar-refractivity contribution < 1.29 is 5.11 Å². The molecule has 0 saturated carbocycles. The van der Waals surface area contributed by atoms with Gasteiger partial charge in [0.25, 0.3) is 0 Å². The number of phenols is 1. The SMILES string of the molecule is CCCCCCCCCCCCc1cc(C)c(O)c(CN=O)c1. The summed E-state index contributed by atoms with van der Waals surface area (Å²) in [7, 11) is 0. The number of nitrogens with zero attached hydrogens (tertiary/aromatic N) is 1. The van der Waals surface area contributed by atoms with Gasteiger partial charge < -0.3 is 5.11 Å². The van der Waals surface area contributed by atoms with Crippen molar-refractivity contribution in [2.45, 2.75) is 91.0 Å². The standard InChI is InChI=1S/C20H33NO2/c1-3-4-5-6-7-8-9-10-11-12-13-18-14-17(2)20(22)19(15-18)16-21-23/h14-15,22H,3-13,16H2,1-2H3. The molecule has 3 nitrogen and oxygen atoms in total. The fraction of sp³-hybridized carbons (Fsp3) is 0.700. The predicted molar refractivity (Wildman–Crippen MR) is 97.9 cm³/mol. The van der Waals surface area contributed by atoms with Gasteiger partial charge in [0.15, 0.2) is 0 Å². The molecular weight excluding hydrogens is 286 g/mol. The second-order valence-corrected chi connectivity index (χ2v) is 6.64. The third-order valence-corrected chi connectivity index (χ3v) is 4.49. The van der Waals surface area contributed by atoms with Crippen LogP contribution in [0, 0.1) is 11.8 Å². The van der Waals surface area contributed by atoms with Crippen molar-refractivity contribution in [1.29, 1.82) is 0 Å². The average Bonchev–Trinajstić information content (AvgIpc) is 2.54. The maximum absolute atomic E-state index is 10.4. The van der Waals surface area contributed by atoms with E-state index in [-0.39, 0.29) is 12.3 Å². The summed E-state index contributed by atoms with van der Waals surface area (Å²) in [6.07, 6.45) is 14.4. The molecule has 0 amide bonds. The van der Waals surface area contributed by atoms with Crippen LogP contribution in [0.2, 0.25) is 0 Å². The quantitative estimate of drug-likeness (QED) is 0.336. The van der Waals surface area contributed by atoms with Crippen LogP contribution in [-0.4, -0.2) is 5.11 Å².